The molecule has 0 radical (unpaired) electrons. The Kier molecular flexibility index (Phi) is 7.46. The van der Waals surface area contributed by atoms with Gasteiger partial charge in [0, 0.05) is 32.1 Å². The number of halogens is 2. The molecule has 210 valence electrons. The first kappa shape index (κ1) is 27.8. The van der Waals surface area contributed by atoms with E-state index < -0.39 is 16.2 Å². The molecule has 0 saturated heterocycles. The summed E-state index contributed by atoms with van der Waals surface area (Å²) in [6, 6.07) is 25.5. The van der Waals surface area contributed by atoms with E-state index in [-0.39, 0.29) is 34.5 Å². The molecule has 0 saturated carbocycles. The van der Waals surface area contributed by atoms with Gasteiger partial charge in [-0.25, -0.2) is 4.98 Å². The maximum absolute atomic E-state index is 13.7. The Balaban J connectivity index is 1.50. The molecule has 0 spiro atoms. The van der Waals surface area contributed by atoms with Gasteiger partial charge in [-0.1, -0.05) is 57.9 Å². The third kappa shape index (κ3) is 5.49. The van der Waals surface area contributed by atoms with E-state index in [2.05, 4.69) is 32.1 Å². The van der Waals surface area contributed by atoms with E-state index in [1.165, 1.54) is 12.3 Å². The van der Waals surface area contributed by atoms with Crippen LogP contribution in [-0.2, 0) is 6.61 Å². The summed E-state index contributed by atoms with van der Waals surface area (Å²) in [5.41, 5.74) is 1.16. The van der Waals surface area contributed by atoms with Crippen molar-refractivity contribution in [1.82, 2.24) is 9.66 Å². The zero-order valence-electron chi connectivity index (χ0n) is 21.9. The van der Waals surface area contributed by atoms with Gasteiger partial charge in [0.1, 0.15) is 12.2 Å². The first-order chi connectivity index (χ1) is 20.8. The van der Waals surface area contributed by atoms with Gasteiger partial charge in [0.2, 0.25) is 11.6 Å². The van der Waals surface area contributed by atoms with Crippen molar-refractivity contribution in [3.63, 3.8) is 0 Å². The summed E-state index contributed by atoms with van der Waals surface area (Å²) < 4.78 is 13.8. The number of nitriles is 1. The molecule has 0 atom stereocenters. The fourth-order valence-electron chi connectivity index (χ4n) is 4.53. The van der Waals surface area contributed by atoms with Crippen molar-refractivity contribution >= 4 is 61.3 Å². The van der Waals surface area contributed by atoms with Gasteiger partial charge in [-0.15, -0.1) is 0 Å². The van der Waals surface area contributed by atoms with Crippen LogP contribution in [0.2, 0.25) is 5.02 Å². The highest BCUT2D eigenvalue weighted by Gasteiger charge is 2.22. The summed E-state index contributed by atoms with van der Waals surface area (Å²) in [6.07, 6.45) is 1.24. The SMILES string of the molecule is N#Cc1ccccc1COc1c(C=Nn2c(-c3cc4cc(Br)ccc4o3)nc3ccccc3c2=O)cc(Cl)cc1[N+](=O)[O-]. The third-order valence-electron chi connectivity index (χ3n) is 6.53. The lowest BCUT2D eigenvalue weighted by molar-refractivity contribution is -0.385. The summed E-state index contributed by atoms with van der Waals surface area (Å²) in [4.78, 5) is 29.7. The number of furan rings is 1. The molecule has 0 N–H and O–H groups in total. The maximum Gasteiger partial charge on any atom is 0.313 e. The minimum Gasteiger partial charge on any atom is -0.481 e. The summed E-state index contributed by atoms with van der Waals surface area (Å²) in [6.45, 7) is -0.135. The van der Waals surface area contributed by atoms with Gasteiger partial charge >= 0.3 is 5.69 Å². The number of para-hydroxylation sites is 1. The highest BCUT2D eigenvalue weighted by atomic mass is 79.9. The van der Waals surface area contributed by atoms with Crippen molar-refractivity contribution in [2.75, 3.05) is 0 Å². The van der Waals surface area contributed by atoms with Gasteiger partial charge in [0.25, 0.3) is 5.56 Å². The highest BCUT2D eigenvalue weighted by molar-refractivity contribution is 9.10. The normalized spacial score (nSPS) is 11.3. The van der Waals surface area contributed by atoms with Crippen LogP contribution in [0.15, 0.2) is 104 Å². The van der Waals surface area contributed by atoms with Crippen LogP contribution in [-0.4, -0.2) is 20.8 Å². The van der Waals surface area contributed by atoms with E-state index in [1.807, 2.05) is 12.1 Å². The minimum absolute atomic E-state index is 0.0602. The second kappa shape index (κ2) is 11.5. The number of nitrogens with zero attached hydrogens (tertiary/aromatic N) is 5. The van der Waals surface area contributed by atoms with E-state index in [0.29, 0.717) is 27.6 Å². The molecule has 2 heterocycles. The Morgan fingerprint density at radius 2 is 1.91 bits per heavy atom. The van der Waals surface area contributed by atoms with Crippen LogP contribution in [0.4, 0.5) is 5.69 Å². The first-order valence-electron chi connectivity index (χ1n) is 12.7. The molecule has 0 bridgehead atoms. The molecule has 6 rings (SSSR count). The van der Waals surface area contributed by atoms with Crippen molar-refractivity contribution < 1.29 is 14.1 Å². The number of nitro benzene ring substituents is 1. The molecule has 0 aliphatic heterocycles. The van der Waals surface area contributed by atoms with E-state index in [1.54, 1.807) is 60.7 Å². The maximum atomic E-state index is 13.7. The third-order valence-corrected chi connectivity index (χ3v) is 7.25. The van der Waals surface area contributed by atoms with Crippen molar-refractivity contribution in [3.05, 3.63) is 132 Å². The highest BCUT2D eigenvalue weighted by Crippen LogP contribution is 2.35. The molecule has 2 aromatic heterocycles. The van der Waals surface area contributed by atoms with Crippen LogP contribution in [0.5, 0.6) is 5.75 Å². The molecule has 43 heavy (non-hydrogen) atoms. The van der Waals surface area contributed by atoms with E-state index in [4.69, 9.17) is 20.8 Å². The first-order valence-corrected chi connectivity index (χ1v) is 13.8. The van der Waals surface area contributed by atoms with Crippen molar-refractivity contribution in [3.8, 4) is 23.4 Å². The lowest BCUT2D eigenvalue weighted by atomic mass is 10.1. The Hall–Kier alpha value is -5.31. The van der Waals surface area contributed by atoms with Gasteiger partial charge in [0.05, 0.1) is 33.7 Å². The molecule has 6 aromatic rings. The monoisotopic (exact) mass is 653 g/mol. The van der Waals surface area contributed by atoms with Crippen LogP contribution in [0, 0.1) is 21.4 Å². The Bertz CT molecular complexity index is 2200. The lowest BCUT2D eigenvalue weighted by Crippen LogP contribution is -2.20. The van der Waals surface area contributed by atoms with E-state index >= 15 is 0 Å². The molecular weight excluding hydrogens is 638 g/mol. The molecule has 0 fully saturated rings. The minimum atomic E-state index is -0.629. The Morgan fingerprint density at radius 1 is 1.12 bits per heavy atom. The molecule has 12 heteroatoms. The molecule has 0 unspecified atom stereocenters. The lowest BCUT2D eigenvalue weighted by Gasteiger charge is -2.12. The predicted octanol–water partition coefficient (Wildman–Crippen LogP) is 7.47. The van der Waals surface area contributed by atoms with Gasteiger partial charge in [-0.2, -0.15) is 15.0 Å². The summed E-state index contributed by atoms with van der Waals surface area (Å²) in [5, 5.41) is 27.0. The van der Waals surface area contributed by atoms with Gasteiger partial charge in [0.15, 0.2) is 5.76 Å². The van der Waals surface area contributed by atoms with Crippen molar-refractivity contribution in [2.24, 2.45) is 5.10 Å². The van der Waals surface area contributed by atoms with Crippen molar-refractivity contribution in [2.45, 2.75) is 6.61 Å². The number of nitro groups is 1. The summed E-state index contributed by atoms with van der Waals surface area (Å²) in [7, 11) is 0. The van der Waals surface area contributed by atoms with Crippen LogP contribution in [0.25, 0.3) is 33.5 Å². The zero-order valence-corrected chi connectivity index (χ0v) is 24.2. The van der Waals surface area contributed by atoms with Crippen LogP contribution in [0.3, 0.4) is 0 Å². The molecular formula is C31H17BrClN5O5. The quantitative estimate of drug-likeness (QED) is 0.0989. The zero-order chi connectivity index (χ0) is 30.1. The molecule has 0 aliphatic rings. The topological polar surface area (TPSA) is 137 Å². The number of hydrogen-bond acceptors (Lipinski definition) is 8. The number of rotatable bonds is 7. The number of fused-ring (bicyclic) bond motifs is 2. The summed E-state index contributed by atoms with van der Waals surface area (Å²) in [5.74, 6) is 0.270. The average Bonchev–Trinajstić information content (AvgIpc) is 3.43. The van der Waals surface area contributed by atoms with E-state index in [0.717, 1.165) is 20.6 Å². The fourth-order valence-corrected chi connectivity index (χ4v) is 5.13. The number of hydrogen-bond donors (Lipinski definition) is 0. The molecule has 10 nitrogen and oxygen atoms in total. The number of benzene rings is 4. The van der Waals surface area contributed by atoms with Gasteiger partial charge in [-0.3, -0.25) is 14.9 Å². The smallest absolute Gasteiger partial charge is 0.313 e. The van der Waals surface area contributed by atoms with Gasteiger partial charge < -0.3 is 9.15 Å². The average molecular weight is 655 g/mol. The second-order valence-corrected chi connectivity index (χ2v) is 10.6. The van der Waals surface area contributed by atoms with Crippen LogP contribution >= 0.6 is 27.5 Å². The second-order valence-electron chi connectivity index (χ2n) is 9.26. The van der Waals surface area contributed by atoms with Crippen LogP contribution < -0.4 is 10.3 Å². The largest absolute Gasteiger partial charge is 0.481 e. The number of ether oxygens (including phenoxy) is 1. The molecule has 0 amide bonds. The molecule has 4 aromatic carbocycles. The van der Waals surface area contributed by atoms with Crippen molar-refractivity contribution in [1.29, 1.82) is 5.26 Å². The Morgan fingerprint density at radius 3 is 2.72 bits per heavy atom. The fraction of sp³-hybridized carbons (Fsp3) is 0.0323. The van der Waals surface area contributed by atoms with Gasteiger partial charge in [-0.05, 0) is 48.5 Å². The molecule has 0 aliphatic carbocycles. The Labute approximate surface area is 256 Å². The number of aromatic nitrogens is 2. The standard InChI is InChI=1S/C31H17BrClN5O5/c32-22-9-10-27-20(11-22)13-28(43-27)30-36-25-8-4-3-7-24(25)31(39)37(30)35-16-21-12-23(33)14-26(38(40)41)29(21)42-17-19-6-2-1-5-18(19)15-34/h1-14,16H,17H2. The summed E-state index contributed by atoms with van der Waals surface area (Å²) >= 11 is 9.69. The van der Waals surface area contributed by atoms with Crippen LogP contribution in [0.1, 0.15) is 16.7 Å². The van der Waals surface area contributed by atoms with E-state index in [9.17, 15) is 20.2 Å². The predicted molar refractivity (Wildman–Crippen MR) is 165 cm³/mol.